The quantitative estimate of drug-likeness (QED) is 0.878. The number of hydrogen-bond acceptors (Lipinski definition) is 3. The van der Waals surface area contributed by atoms with Crippen molar-refractivity contribution in [1.29, 1.82) is 0 Å². The summed E-state index contributed by atoms with van der Waals surface area (Å²) in [6.45, 7) is 1.67. The third kappa shape index (κ3) is 2.49. The third-order valence-electron chi connectivity index (χ3n) is 3.51. The van der Waals surface area contributed by atoms with Crippen LogP contribution in [0.15, 0.2) is 16.9 Å². The van der Waals surface area contributed by atoms with Gasteiger partial charge in [0.15, 0.2) is 0 Å². The van der Waals surface area contributed by atoms with Crippen LogP contribution in [0, 0.1) is 0 Å². The first kappa shape index (κ1) is 12.6. The molecule has 5 nitrogen and oxygen atoms in total. The molecule has 0 unspecified atom stereocenters. The van der Waals surface area contributed by atoms with Crippen LogP contribution in [0.2, 0.25) is 0 Å². The monoisotopic (exact) mass is 322 g/mol. The number of nitrogens with zero attached hydrogens (tertiary/aromatic N) is 3. The molecule has 2 aromatic heterocycles. The molecule has 1 amide bonds. The second-order valence-electron chi connectivity index (χ2n) is 4.83. The van der Waals surface area contributed by atoms with Crippen molar-refractivity contribution in [3.8, 4) is 0 Å². The summed E-state index contributed by atoms with van der Waals surface area (Å²) in [5.74, 6) is 0.0166. The standard InChI is InChI=1S/C13H15BrN4O/c14-12-9-8-15-11(7-10(9)16-17-12)13(19)18-5-3-1-2-4-6-18/h7-8H,1-6H2,(H,16,17). The molecule has 0 saturated carbocycles. The second-order valence-corrected chi connectivity index (χ2v) is 5.62. The van der Waals surface area contributed by atoms with E-state index in [1.54, 1.807) is 12.3 Å². The molecule has 3 rings (SSSR count). The number of aromatic amines is 1. The van der Waals surface area contributed by atoms with Crippen molar-refractivity contribution in [2.24, 2.45) is 0 Å². The minimum Gasteiger partial charge on any atom is -0.337 e. The Labute approximate surface area is 119 Å². The van der Waals surface area contributed by atoms with Crippen LogP contribution in [0.5, 0.6) is 0 Å². The molecule has 2 aromatic rings. The number of rotatable bonds is 1. The van der Waals surface area contributed by atoms with Crippen LogP contribution in [0.25, 0.3) is 10.9 Å². The number of fused-ring (bicyclic) bond motifs is 1. The number of aromatic nitrogens is 3. The van der Waals surface area contributed by atoms with E-state index in [2.05, 4.69) is 31.1 Å². The highest BCUT2D eigenvalue weighted by Gasteiger charge is 2.19. The summed E-state index contributed by atoms with van der Waals surface area (Å²) < 4.78 is 0.795. The summed E-state index contributed by atoms with van der Waals surface area (Å²) in [5.41, 5.74) is 1.24. The van der Waals surface area contributed by atoms with Gasteiger partial charge in [0.25, 0.3) is 5.91 Å². The van der Waals surface area contributed by atoms with Crippen molar-refractivity contribution in [3.05, 3.63) is 22.6 Å². The van der Waals surface area contributed by atoms with E-state index in [0.29, 0.717) is 5.69 Å². The number of hydrogen-bond donors (Lipinski definition) is 1. The Bertz CT molecular complexity index is 602. The van der Waals surface area contributed by atoms with Crippen LogP contribution < -0.4 is 0 Å². The molecular weight excluding hydrogens is 308 g/mol. The van der Waals surface area contributed by atoms with Gasteiger partial charge in [0.1, 0.15) is 10.3 Å². The molecule has 0 spiro atoms. The van der Waals surface area contributed by atoms with E-state index < -0.39 is 0 Å². The molecule has 3 heterocycles. The predicted molar refractivity (Wildman–Crippen MR) is 76.0 cm³/mol. The average Bonchev–Trinajstić information content (AvgIpc) is 2.67. The zero-order valence-corrected chi connectivity index (χ0v) is 12.1. The topological polar surface area (TPSA) is 61.9 Å². The van der Waals surface area contributed by atoms with Crippen molar-refractivity contribution >= 4 is 32.7 Å². The highest BCUT2D eigenvalue weighted by molar-refractivity contribution is 9.10. The van der Waals surface area contributed by atoms with E-state index in [1.165, 1.54) is 12.8 Å². The maximum Gasteiger partial charge on any atom is 0.272 e. The number of amides is 1. The summed E-state index contributed by atoms with van der Waals surface area (Å²) in [5, 5.41) is 7.87. The number of carbonyl (C=O) groups is 1. The van der Waals surface area contributed by atoms with E-state index in [0.717, 1.165) is 41.4 Å². The number of halogens is 1. The summed E-state index contributed by atoms with van der Waals surface area (Å²) in [6.07, 6.45) is 6.28. The maximum absolute atomic E-state index is 12.4. The van der Waals surface area contributed by atoms with Crippen molar-refractivity contribution in [2.45, 2.75) is 25.7 Å². The largest absolute Gasteiger partial charge is 0.337 e. The zero-order valence-electron chi connectivity index (χ0n) is 10.5. The maximum atomic E-state index is 12.4. The number of carbonyl (C=O) groups excluding carboxylic acids is 1. The van der Waals surface area contributed by atoms with Crippen LogP contribution >= 0.6 is 15.9 Å². The van der Waals surface area contributed by atoms with Gasteiger partial charge in [-0.15, -0.1) is 0 Å². The zero-order chi connectivity index (χ0) is 13.2. The van der Waals surface area contributed by atoms with Crippen molar-refractivity contribution < 1.29 is 4.79 Å². The van der Waals surface area contributed by atoms with E-state index >= 15 is 0 Å². The van der Waals surface area contributed by atoms with Gasteiger partial charge in [-0.3, -0.25) is 14.9 Å². The summed E-state index contributed by atoms with van der Waals surface area (Å²) >= 11 is 3.36. The molecule has 1 saturated heterocycles. The fourth-order valence-corrected chi connectivity index (χ4v) is 2.82. The molecule has 6 heteroatoms. The minimum atomic E-state index is 0.0166. The second kappa shape index (κ2) is 5.28. The smallest absolute Gasteiger partial charge is 0.272 e. The van der Waals surface area contributed by atoms with Gasteiger partial charge in [-0.1, -0.05) is 12.8 Å². The van der Waals surface area contributed by atoms with Crippen molar-refractivity contribution in [2.75, 3.05) is 13.1 Å². The third-order valence-corrected chi connectivity index (χ3v) is 4.11. The van der Waals surface area contributed by atoms with Crippen molar-refractivity contribution in [1.82, 2.24) is 20.1 Å². The van der Waals surface area contributed by atoms with Crippen LogP contribution in [0.3, 0.4) is 0 Å². The molecule has 1 fully saturated rings. The lowest BCUT2D eigenvalue weighted by atomic mass is 10.2. The van der Waals surface area contributed by atoms with Crippen LogP contribution in [-0.2, 0) is 0 Å². The molecular formula is C13H15BrN4O. The molecule has 0 atom stereocenters. The van der Waals surface area contributed by atoms with Gasteiger partial charge in [-0.2, -0.15) is 5.10 Å². The van der Waals surface area contributed by atoms with Gasteiger partial charge in [0.2, 0.25) is 0 Å². The van der Waals surface area contributed by atoms with Gasteiger partial charge in [-0.25, -0.2) is 0 Å². The Morgan fingerprint density at radius 2 is 2.00 bits per heavy atom. The molecule has 0 aliphatic carbocycles. The van der Waals surface area contributed by atoms with Gasteiger partial charge < -0.3 is 4.90 Å². The number of H-pyrrole nitrogens is 1. The summed E-state index contributed by atoms with van der Waals surface area (Å²) in [6, 6.07) is 1.75. The first-order chi connectivity index (χ1) is 9.25. The first-order valence-corrected chi connectivity index (χ1v) is 7.34. The molecule has 1 aliphatic heterocycles. The molecule has 1 N–H and O–H groups in total. The van der Waals surface area contributed by atoms with Crippen molar-refractivity contribution in [3.63, 3.8) is 0 Å². The predicted octanol–water partition coefficient (Wildman–Crippen LogP) is 2.74. The molecule has 100 valence electrons. The normalized spacial score (nSPS) is 16.6. The Balaban J connectivity index is 1.88. The Morgan fingerprint density at radius 3 is 2.74 bits per heavy atom. The highest BCUT2D eigenvalue weighted by Crippen LogP contribution is 2.21. The average molecular weight is 323 g/mol. The molecule has 0 aromatic carbocycles. The minimum absolute atomic E-state index is 0.0166. The summed E-state index contributed by atoms with van der Waals surface area (Å²) in [4.78, 5) is 18.6. The number of pyridine rings is 1. The van der Waals surface area contributed by atoms with Gasteiger partial charge in [-0.05, 0) is 34.8 Å². The number of likely N-dealkylation sites (tertiary alicyclic amines) is 1. The van der Waals surface area contributed by atoms with E-state index in [1.807, 2.05) is 4.90 Å². The van der Waals surface area contributed by atoms with Crippen LogP contribution in [-0.4, -0.2) is 39.1 Å². The lowest BCUT2D eigenvalue weighted by molar-refractivity contribution is 0.0756. The van der Waals surface area contributed by atoms with Crippen LogP contribution in [0.4, 0.5) is 0 Å². The van der Waals surface area contributed by atoms with Gasteiger partial charge in [0, 0.05) is 19.3 Å². The molecule has 0 radical (unpaired) electrons. The van der Waals surface area contributed by atoms with E-state index in [4.69, 9.17) is 0 Å². The molecule has 19 heavy (non-hydrogen) atoms. The Morgan fingerprint density at radius 1 is 1.26 bits per heavy atom. The fraction of sp³-hybridized carbons (Fsp3) is 0.462. The number of nitrogens with one attached hydrogen (secondary N) is 1. The first-order valence-electron chi connectivity index (χ1n) is 6.54. The fourth-order valence-electron chi connectivity index (χ4n) is 2.43. The molecule has 0 bridgehead atoms. The molecule has 1 aliphatic rings. The lowest BCUT2D eigenvalue weighted by Gasteiger charge is -2.19. The summed E-state index contributed by atoms with van der Waals surface area (Å²) in [7, 11) is 0. The highest BCUT2D eigenvalue weighted by atomic mass is 79.9. The van der Waals surface area contributed by atoms with Crippen LogP contribution in [0.1, 0.15) is 36.2 Å². The van der Waals surface area contributed by atoms with Gasteiger partial charge in [0.05, 0.1) is 10.9 Å². The van der Waals surface area contributed by atoms with E-state index in [9.17, 15) is 4.79 Å². The van der Waals surface area contributed by atoms with E-state index in [-0.39, 0.29) is 5.91 Å². The lowest BCUT2D eigenvalue weighted by Crippen LogP contribution is -2.32. The van der Waals surface area contributed by atoms with Gasteiger partial charge >= 0.3 is 0 Å². The SMILES string of the molecule is O=C(c1cc2n[nH]c(Br)c2cn1)N1CCCCCC1. The Hall–Kier alpha value is -1.43. The Kier molecular flexibility index (Phi) is 3.50.